The number of piperazine rings is 1. The first-order chi connectivity index (χ1) is 19.7. The Balaban J connectivity index is 1.19. The summed E-state index contributed by atoms with van der Waals surface area (Å²) >= 11 is 0. The fourth-order valence-corrected chi connectivity index (χ4v) is 4.82. The fraction of sp³-hybridized carbons (Fsp3) is 0.345. The van der Waals surface area contributed by atoms with E-state index in [2.05, 4.69) is 42.1 Å². The van der Waals surface area contributed by atoms with Crippen LogP contribution in [0.15, 0.2) is 49.2 Å². The summed E-state index contributed by atoms with van der Waals surface area (Å²) in [7, 11) is 2.00. The van der Waals surface area contributed by atoms with E-state index in [-0.39, 0.29) is 23.4 Å². The molecule has 4 heterocycles. The van der Waals surface area contributed by atoms with Crippen LogP contribution in [0.5, 0.6) is 0 Å². The van der Waals surface area contributed by atoms with Crippen LogP contribution < -0.4 is 5.32 Å². The number of halogens is 3. The molecule has 6 rings (SSSR count). The summed E-state index contributed by atoms with van der Waals surface area (Å²) in [6.07, 6.45) is 3.53. The lowest BCUT2D eigenvalue weighted by Crippen LogP contribution is -2.44. The number of rotatable bonds is 5. The van der Waals surface area contributed by atoms with Crippen molar-refractivity contribution >= 4 is 22.6 Å². The number of nitrogens with zero attached hydrogens (tertiary/aromatic N) is 7. The molecule has 0 atom stereocenters. The smallest absolute Gasteiger partial charge is 0.322 e. The highest BCUT2D eigenvalue weighted by Crippen LogP contribution is 2.37. The standard InChI is InChI=1S/C29H27F3N8O/c1-38-8-10-39(11-9-38)17-20-3-4-22(13-25(20)29(30,31)32)36-28(41)21-12-19(14-33-15-21)2-7-26-24-16-34-18-35-27(24)40(37-26)23-5-6-23/h3-4,12-16,18,23H,5-6,8-11,17H2,1H3,(H,36,41). The van der Waals surface area contributed by atoms with Crippen molar-refractivity contribution in [3.8, 4) is 11.8 Å². The van der Waals surface area contributed by atoms with E-state index >= 15 is 0 Å². The summed E-state index contributed by atoms with van der Waals surface area (Å²) in [4.78, 5) is 29.6. The number of nitrogens with one attached hydrogen (secondary N) is 1. The number of amides is 1. The third kappa shape index (κ3) is 6.06. The third-order valence-electron chi connectivity index (χ3n) is 7.25. The average molecular weight is 561 g/mol. The Kier molecular flexibility index (Phi) is 7.15. The monoisotopic (exact) mass is 560 g/mol. The van der Waals surface area contributed by atoms with Gasteiger partial charge in [-0.05, 0) is 49.6 Å². The summed E-state index contributed by atoms with van der Waals surface area (Å²) < 4.78 is 43.7. The Bertz CT molecular complexity index is 1660. The van der Waals surface area contributed by atoms with E-state index in [4.69, 9.17) is 0 Å². The van der Waals surface area contributed by atoms with Crippen LogP contribution in [-0.2, 0) is 12.7 Å². The second-order valence-electron chi connectivity index (χ2n) is 10.4. The molecule has 2 fully saturated rings. The van der Waals surface area contributed by atoms with E-state index in [1.54, 1.807) is 12.3 Å². The minimum Gasteiger partial charge on any atom is -0.322 e. The molecule has 0 radical (unpaired) electrons. The van der Waals surface area contributed by atoms with Gasteiger partial charge < -0.3 is 10.2 Å². The predicted octanol–water partition coefficient (Wildman–Crippen LogP) is 3.97. The predicted molar refractivity (Wildman–Crippen MR) is 146 cm³/mol. The van der Waals surface area contributed by atoms with Crippen LogP contribution in [0, 0.1) is 11.8 Å². The lowest BCUT2D eigenvalue weighted by molar-refractivity contribution is -0.138. The maximum absolute atomic E-state index is 14.0. The molecule has 1 saturated carbocycles. The zero-order valence-electron chi connectivity index (χ0n) is 22.3. The Labute approximate surface area is 234 Å². The molecule has 0 spiro atoms. The van der Waals surface area contributed by atoms with E-state index in [1.807, 2.05) is 16.6 Å². The van der Waals surface area contributed by atoms with Gasteiger partial charge in [0.15, 0.2) is 5.65 Å². The van der Waals surface area contributed by atoms with Gasteiger partial charge in [-0.2, -0.15) is 18.3 Å². The Morgan fingerprint density at radius 2 is 1.85 bits per heavy atom. The molecule has 9 nitrogen and oxygen atoms in total. The number of alkyl halides is 3. The first kappa shape index (κ1) is 26.9. The molecule has 1 N–H and O–H groups in total. The third-order valence-corrected chi connectivity index (χ3v) is 7.25. The molecule has 1 aliphatic heterocycles. The van der Waals surface area contributed by atoms with Gasteiger partial charge in [0.1, 0.15) is 12.0 Å². The van der Waals surface area contributed by atoms with Crippen molar-refractivity contribution in [2.45, 2.75) is 31.6 Å². The van der Waals surface area contributed by atoms with E-state index in [0.29, 0.717) is 30.4 Å². The van der Waals surface area contributed by atoms with Crippen LogP contribution in [0.1, 0.15) is 51.6 Å². The van der Waals surface area contributed by atoms with E-state index in [0.717, 1.165) is 43.0 Å². The van der Waals surface area contributed by atoms with Crippen molar-refractivity contribution in [2.75, 3.05) is 38.5 Å². The van der Waals surface area contributed by atoms with Crippen LogP contribution >= 0.6 is 0 Å². The van der Waals surface area contributed by atoms with Gasteiger partial charge in [0.05, 0.1) is 22.6 Å². The maximum atomic E-state index is 14.0. The molecule has 1 aromatic carbocycles. The molecule has 12 heteroatoms. The number of likely N-dealkylation sites (N-methyl/N-ethyl adjacent to an activating group) is 1. The highest BCUT2D eigenvalue weighted by atomic mass is 19.4. The Morgan fingerprint density at radius 3 is 2.61 bits per heavy atom. The van der Waals surface area contributed by atoms with Gasteiger partial charge in [0.25, 0.3) is 5.91 Å². The molecule has 4 aromatic rings. The van der Waals surface area contributed by atoms with Crippen molar-refractivity contribution in [1.82, 2.24) is 34.5 Å². The normalized spacial score (nSPS) is 16.4. The molecule has 3 aromatic heterocycles. The van der Waals surface area contributed by atoms with Crippen LogP contribution in [-0.4, -0.2) is 73.7 Å². The summed E-state index contributed by atoms with van der Waals surface area (Å²) in [6.45, 7) is 3.21. The minimum absolute atomic E-state index is 0.0537. The first-order valence-corrected chi connectivity index (χ1v) is 13.3. The maximum Gasteiger partial charge on any atom is 0.416 e. The van der Waals surface area contributed by atoms with Crippen LogP contribution in [0.2, 0.25) is 0 Å². The van der Waals surface area contributed by atoms with E-state index in [1.165, 1.54) is 30.9 Å². The number of anilines is 1. The zero-order valence-corrected chi connectivity index (χ0v) is 22.3. The van der Waals surface area contributed by atoms with Gasteiger partial charge in [0.2, 0.25) is 0 Å². The second kappa shape index (κ2) is 10.9. The number of fused-ring (bicyclic) bond motifs is 1. The van der Waals surface area contributed by atoms with E-state index < -0.39 is 17.6 Å². The van der Waals surface area contributed by atoms with Crippen LogP contribution in [0.4, 0.5) is 18.9 Å². The summed E-state index contributed by atoms with van der Waals surface area (Å²) in [5, 5.41) is 7.92. The topological polar surface area (TPSA) is 92.1 Å². The Morgan fingerprint density at radius 1 is 1.05 bits per heavy atom. The number of hydrogen-bond acceptors (Lipinski definition) is 7. The van der Waals surface area contributed by atoms with E-state index in [9.17, 15) is 18.0 Å². The molecule has 1 amide bonds. The highest BCUT2D eigenvalue weighted by Gasteiger charge is 2.34. The Hall–Kier alpha value is -4.34. The van der Waals surface area contributed by atoms with Gasteiger partial charge >= 0.3 is 6.18 Å². The summed E-state index contributed by atoms with van der Waals surface area (Å²) in [5.74, 6) is 5.42. The van der Waals surface area contributed by atoms with Crippen LogP contribution in [0.3, 0.4) is 0 Å². The van der Waals surface area contributed by atoms with Crippen molar-refractivity contribution in [3.63, 3.8) is 0 Å². The minimum atomic E-state index is -4.55. The molecule has 41 heavy (non-hydrogen) atoms. The number of benzene rings is 1. The van der Waals surface area contributed by atoms with Gasteiger partial charge in [-0.15, -0.1) is 0 Å². The first-order valence-electron chi connectivity index (χ1n) is 13.3. The number of carbonyl (C=O) groups excluding carboxylic acids is 1. The molecule has 0 bridgehead atoms. The van der Waals surface area contributed by atoms with Gasteiger partial charge in [-0.1, -0.05) is 12.0 Å². The zero-order chi connectivity index (χ0) is 28.6. The van der Waals surface area contributed by atoms with Crippen molar-refractivity contribution < 1.29 is 18.0 Å². The molecular formula is C29H27F3N8O. The van der Waals surface area contributed by atoms with Gasteiger partial charge in [-0.3, -0.25) is 14.7 Å². The lowest BCUT2D eigenvalue weighted by atomic mass is 10.0. The molecule has 2 aliphatic rings. The highest BCUT2D eigenvalue weighted by molar-refractivity contribution is 6.04. The quantitative estimate of drug-likeness (QED) is 0.370. The molecule has 1 aliphatic carbocycles. The number of hydrogen-bond donors (Lipinski definition) is 1. The van der Waals surface area contributed by atoms with Crippen molar-refractivity contribution in [2.24, 2.45) is 0 Å². The summed E-state index contributed by atoms with van der Waals surface area (Å²) in [6, 6.07) is 5.78. The number of aromatic nitrogens is 5. The molecule has 210 valence electrons. The average Bonchev–Trinajstić information content (AvgIpc) is 3.74. The van der Waals surface area contributed by atoms with Crippen molar-refractivity contribution in [1.29, 1.82) is 0 Å². The SMILES string of the molecule is CN1CCN(Cc2ccc(NC(=O)c3cncc(C#Cc4nn(C5CC5)c5ncncc45)c3)cc2C(F)(F)F)CC1. The summed E-state index contributed by atoms with van der Waals surface area (Å²) in [5.41, 5.74) is 1.36. The molecule has 0 unspecified atom stereocenters. The largest absolute Gasteiger partial charge is 0.416 e. The van der Waals surface area contributed by atoms with Crippen LogP contribution in [0.25, 0.3) is 11.0 Å². The molecule has 1 saturated heterocycles. The second-order valence-corrected chi connectivity index (χ2v) is 10.4. The van der Waals surface area contributed by atoms with Gasteiger partial charge in [-0.25, -0.2) is 14.6 Å². The van der Waals surface area contributed by atoms with Crippen molar-refractivity contribution in [3.05, 3.63) is 77.1 Å². The number of pyridine rings is 1. The van der Waals surface area contributed by atoms with Gasteiger partial charge in [0, 0.05) is 62.6 Å². The molecular weight excluding hydrogens is 533 g/mol. The number of carbonyl (C=O) groups is 1. The lowest BCUT2D eigenvalue weighted by Gasteiger charge is -2.33. The fourth-order valence-electron chi connectivity index (χ4n) is 4.82.